The lowest BCUT2D eigenvalue weighted by molar-refractivity contribution is 0.0322. The standard InChI is InChI=1S/C20H28N4O4/c1-20(2,3)17-14-18(28-19(21)25)24(22-17)15-4-6-16(7-5-15)27-13-10-23-8-11-26-12-9-23/h4-7,14H,8-13H2,1-3H3,(H2,21,25). The molecule has 0 radical (unpaired) electrons. The number of amides is 1. The van der Waals surface area contributed by atoms with Gasteiger partial charge in [0.2, 0.25) is 5.88 Å². The summed E-state index contributed by atoms with van der Waals surface area (Å²) in [6.07, 6.45) is -0.871. The molecular formula is C20H28N4O4. The van der Waals surface area contributed by atoms with Crippen molar-refractivity contribution in [1.82, 2.24) is 14.7 Å². The second kappa shape index (κ2) is 8.62. The van der Waals surface area contributed by atoms with E-state index in [1.807, 2.05) is 45.0 Å². The van der Waals surface area contributed by atoms with E-state index in [0.29, 0.717) is 12.5 Å². The van der Waals surface area contributed by atoms with Gasteiger partial charge in [-0.3, -0.25) is 4.90 Å². The van der Waals surface area contributed by atoms with Gasteiger partial charge in [-0.25, -0.2) is 9.48 Å². The normalized spacial score (nSPS) is 15.4. The number of hydrogen-bond donors (Lipinski definition) is 1. The van der Waals surface area contributed by atoms with Gasteiger partial charge in [-0.05, 0) is 24.3 Å². The fourth-order valence-corrected chi connectivity index (χ4v) is 2.89. The largest absolute Gasteiger partial charge is 0.492 e. The molecule has 1 amide bonds. The van der Waals surface area contributed by atoms with Crippen LogP contribution in [0.4, 0.5) is 4.79 Å². The molecule has 0 saturated carbocycles. The third-order valence-electron chi connectivity index (χ3n) is 4.51. The number of hydrogen-bond acceptors (Lipinski definition) is 6. The summed E-state index contributed by atoms with van der Waals surface area (Å²) in [4.78, 5) is 13.6. The van der Waals surface area contributed by atoms with Crippen LogP contribution >= 0.6 is 0 Å². The summed E-state index contributed by atoms with van der Waals surface area (Å²) < 4.78 is 17.9. The highest BCUT2D eigenvalue weighted by Gasteiger charge is 2.22. The molecule has 2 heterocycles. The zero-order valence-corrected chi connectivity index (χ0v) is 16.7. The molecule has 0 atom stereocenters. The summed E-state index contributed by atoms with van der Waals surface area (Å²) in [7, 11) is 0. The van der Waals surface area contributed by atoms with E-state index in [2.05, 4.69) is 10.00 Å². The average Bonchev–Trinajstić information content (AvgIpc) is 3.07. The van der Waals surface area contributed by atoms with Crippen LogP contribution in [-0.4, -0.2) is 60.2 Å². The zero-order chi connectivity index (χ0) is 20.1. The first kappa shape index (κ1) is 20.2. The summed E-state index contributed by atoms with van der Waals surface area (Å²) in [6.45, 7) is 11.1. The van der Waals surface area contributed by atoms with Crippen LogP contribution in [0.15, 0.2) is 30.3 Å². The molecule has 3 rings (SSSR count). The van der Waals surface area contributed by atoms with Gasteiger partial charge in [-0.15, -0.1) is 0 Å². The molecule has 1 aliphatic rings. The fraction of sp³-hybridized carbons (Fsp3) is 0.500. The molecule has 28 heavy (non-hydrogen) atoms. The maximum Gasteiger partial charge on any atom is 0.411 e. The van der Waals surface area contributed by atoms with E-state index in [1.165, 1.54) is 0 Å². The van der Waals surface area contributed by atoms with Crippen molar-refractivity contribution >= 4 is 6.09 Å². The molecule has 1 saturated heterocycles. The van der Waals surface area contributed by atoms with Gasteiger partial charge < -0.3 is 19.9 Å². The molecule has 1 aromatic carbocycles. The number of ether oxygens (including phenoxy) is 3. The Morgan fingerprint density at radius 3 is 2.50 bits per heavy atom. The van der Waals surface area contributed by atoms with Crippen LogP contribution in [0.1, 0.15) is 26.5 Å². The van der Waals surface area contributed by atoms with E-state index in [1.54, 1.807) is 10.7 Å². The molecule has 0 aliphatic carbocycles. The van der Waals surface area contributed by atoms with E-state index in [4.69, 9.17) is 19.9 Å². The van der Waals surface area contributed by atoms with E-state index >= 15 is 0 Å². The van der Waals surface area contributed by atoms with Crippen LogP contribution < -0.4 is 15.2 Å². The Labute approximate surface area is 165 Å². The van der Waals surface area contributed by atoms with Crippen molar-refractivity contribution in [3.8, 4) is 17.3 Å². The maximum atomic E-state index is 11.2. The number of primary amides is 1. The Balaban J connectivity index is 1.68. The van der Waals surface area contributed by atoms with Crippen LogP contribution in [0.25, 0.3) is 5.69 Å². The second-order valence-corrected chi connectivity index (χ2v) is 7.75. The first-order chi connectivity index (χ1) is 13.3. The molecular weight excluding hydrogens is 360 g/mol. The van der Waals surface area contributed by atoms with Crippen molar-refractivity contribution in [3.05, 3.63) is 36.0 Å². The summed E-state index contributed by atoms with van der Waals surface area (Å²) in [5, 5.41) is 4.58. The highest BCUT2D eigenvalue weighted by Crippen LogP contribution is 2.28. The van der Waals surface area contributed by atoms with Crippen molar-refractivity contribution in [1.29, 1.82) is 0 Å². The van der Waals surface area contributed by atoms with Crippen LogP contribution in [0.2, 0.25) is 0 Å². The Morgan fingerprint density at radius 2 is 1.89 bits per heavy atom. The smallest absolute Gasteiger partial charge is 0.411 e. The lowest BCUT2D eigenvalue weighted by Gasteiger charge is -2.26. The van der Waals surface area contributed by atoms with Gasteiger partial charge in [0.25, 0.3) is 0 Å². The van der Waals surface area contributed by atoms with Gasteiger partial charge in [0.1, 0.15) is 12.4 Å². The first-order valence-electron chi connectivity index (χ1n) is 9.44. The zero-order valence-electron chi connectivity index (χ0n) is 16.7. The van der Waals surface area contributed by atoms with Crippen molar-refractivity contribution < 1.29 is 19.0 Å². The number of nitrogens with zero attached hydrogens (tertiary/aromatic N) is 3. The Hall–Kier alpha value is -2.58. The van der Waals surface area contributed by atoms with Gasteiger partial charge in [0.05, 0.1) is 24.6 Å². The van der Waals surface area contributed by atoms with Gasteiger partial charge in [-0.2, -0.15) is 5.10 Å². The van der Waals surface area contributed by atoms with E-state index < -0.39 is 6.09 Å². The van der Waals surface area contributed by atoms with E-state index in [0.717, 1.165) is 50.0 Å². The number of benzene rings is 1. The number of aromatic nitrogens is 2. The first-order valence-corrected chi connectivity index (χ1v) is 9.44. The van der Waals surface area contributed by atoms with Crippen molar-refractivity contribution in [2.75, 3.05) is 39.5 Å². The molecule has 2 N–H and O–H groups in total. The number of morpholine rings is 1. The summed E-state index contributed by atoms with van der Waals surface area (Å²) in [5.74, 6) is 1.07. The van der Waals surface area contributed by atoms with Crippen LogP contribution in [0, 0.1) is 0 Å². The number of rotatable bonds is 6. The minimum Gasteiger partial charge on any atom is -0.492 e. The molecule has 8 nitrogen and oxygen atoms in total. The molecule has 8 heteroatoms. The van der Waals surface area contributed by atoms with Crippen molar-refractivity contribution in [2.24, 2.45) is 5.73 Å². The fourth-order valence-electron chi connectivity index (χ4n) is 2.89. The highest BCUT2D eigenvalue weighted by molar-refractivity contribution is 5.67. The van der Waals surface area contributed by atoms with Gasteiger partial charge >= 0.3 is 6.09 Å². The SMILES string of the molecule is CC(C)(C)c1cc(OC(N)=O)n(-c2ccc(OCCN3CCOCC3)cc2)n1. The van der Waals surface area contributed by atoms with E-state index in [-0.39, 0.29) is 5.41 Å². The van der Waals surface area contributed by atoms with Gasteiger partial charge in [-0.1, -0.05) is 20.8 Å². The third-order valence-corrected chi connectivity index (χ3v) is 4.51. The summed E-state index contributed by atoms with van der Waals surface area (Å²) in [6, 6.07) is 9.23. The lowest BCUT2D eigenvalue weighted by Crippen LogP contribution is -2.38. The second-order valence-electron chi connectivity index (χ2n) is 7.75. The van der Waals surface area contributed by atoms with Crippen LogP contribution in [-0.2, 0) is 10.2 Å². The Bertz CT molecular complexity index is 790. The molecule has 0 unspecified atom stereocenters. The molecule has 0 bridgehead atoms. The molecule has 2 aromatic rings. The monoisotopic (exact) mass is 388 g/mol. The van der Waals surface area contributed by atoms with Gasteiger partial charge in [0, 0.05) is 31.1 Å². The quantitative estimate of drug-likeness (QED) is 0.817. The Morgan fingerprint density at radius 1 is 1.21 bits per heavy atom. The minimum absolute atomic E-state index is 0.191. The highest BCUT2D eigenvalue weighted by atomic mass is 16.6. The third kappa shape index (κ3) is 5.24. The van der Waals surface area contributed by atoms with Crippen molar-refractivity contribution in [2.45, 2.75) is 26.2 Å². The molecule has 152 valence electrons. The Kier molecular flexibility index (Phi) is 6.21. The van der Waals surface area contributed by atoms with Gasteiger partial charge in [0.15, 0.2) is 0 Å². The molecule has 1 aliphatic heterocycles. The van der Waals surface area contributed by atoms with E-state index in [9.17, 15) is 4.79 Å². The summed E-state index contributed by atoms with van der Waals surface area (Å²) in [5.41, 5.74) is 6.56. The van der Waals surface area contributed by atoms with Crippen molar-refractivity contribution in [3.63, 3.8) is 0 Å². The number of carbonyl (C=O) groups excluding carboxylic acids is 1. The molecule has 1 aromatic heterocycles. The van der Waals surface area contributed by atoms with Crippen LogP contribution in [0.5, 0.6) is 11.6 Å². The predicted octanol–water partition coefficient (Wildman–Crippen LogP) is 2.34. The minimum atomic E-state index is -0.871. The average molecular weight is 388 g/mol. The number of carbonyl (C=O) groups is 1. The predicted molar refractivity (Wildman–Crippen MR) is 105 cm³/mol. The topological polar surface area (TPSA) is 91.8 Å². The molecule has 0 spiro atoms. The van der Waals surface area contributed by atoms with Crippen LogP contribution in [0.3, 0.4) is 0 Å². The number of nitrogens with two attached hydrogens (primary N) is 1. The molecule has 1 fully saturated rings. The lowest BCUT2D eigenvalue weighted by atomic mass is 9.93. The summed E-state index contributed by atoms with van der Waals surface area (Å²) >= 11 is 0. The maximum absolute atomic E-state index is 11.2.